The molecule has 0 saturated heterocycles. The average molecular weight is 344 g/mol. The molecule has 0 atom stereocenters. The van der Waals surface area contributed by atoms with Gasteiger partial charge in [-0.1, -0.05) is 35.9 Å². The van der Waals surface area contributed by atoms with Gasteiger partial charge >= 0.3 is 6.03 Å². The molecular formula is C17H14ClN3O3. The van der Waals surface area contributed by atoms with Crippen molar-refractivity contribution in [1.29, 1.82) is 0 Å². The van der Waals surface area contributed by atoms with E-state index in [0.29, 0.717) is 11.3 Å². The van der Waals surface area contributed by atoms with E-state index in [4.69, 9.17) is 11.6 Å². The highest BCUT2D eigenvalue weighted by molar-refractivity contribution is 6.37. The first kappa shape index (κ1) is 16.0. The van der Waals surface area contributed by atoms with Gasteiger partial charge in [0.15, 0.2) is 0 Å². The number of hydrogen-bond acceptors (Lipinski definition) is 3. The van der Waals surface area contributed by atoms with Crippen molar-refractivity contribution in [2.24, 2.45) is 0 Å². The maximum atomic E-state index is 12.3. The first-order valence-electron chi connectivity index (χ1n) is 7.32. The van der Waals surface area contributed by atoms with E-state index in [1.807, 2.05) is 6.07 Å². The van der Waals surface area contributed by atoms with Crippen molar-refractivity contribution in [2.45, 2.75) is 0 Å². The molecule has 0 unspecified atom stereocenters. The molecule has 3 rings (SSSR count). The highest BCUT2D eigenvalue weighted by atomic mass is 35.5. The van der Waals surface area contributed by atoms with Gasteiger partial charge in [-0.25, -0.2) is 4.79 Å². The first-order chi connectivity index (χ1) is 11.6. The highest BCUT2D eigenvalue weighted by Gasteiger charge is 2.36. The van der Waals surface area contributed by atoms with Crippen LogP contribution in [0.1, 0.15) is 20.7 Å². The van der Waals surface area contributed by atoms with E-state index in [0.717, 1.165) is 4.90 Å². The van der Waals surface area contributed by atoms with E-state index in [2.05, 4.69) is 10.6 Å². The molecular weight excluding hydrogens is 330 g/mol. The molecule has 0 radical (unpaired) electrons. The van der Waals surface area contributed by atoms with Crippen LogP contribution in [-0.4, -0.2) is 35.8 Å². The van der Waals surface area contributed by atoms with E-state index in [9.17, 15) is 14.4 Å². The number of carbonyl (C=O) groups is 3. The fraction of sp³-hybridized carbons (Fsp3) is 0.118. The van der Waals surface area contributed by atoms with Crippen LogP contribution in [0, 0.1) is 0 Å². The van der Waals surface area contributed by atoms with Gasteiger partial charge in [-0.15, -0.1) is 0 Å². The van der Waals surface area contributed by atoms with Crippen LogP contribution in [0.15, 0.2) is 48.5 Å². The Kier molecular flexibility index (Phi) is 4.48. The minimum absolute atomic E-state index is 0.0743. The topological polar surface area (TPSA) is 78.5 Å². The zero-order valence-electron chi connectivity index (χ0n) is 12.6. The lowest BCUT2D eigenvalue weighted by atomic mass is 10.1. The number of rotatable bonds is 4. The van der Waals surface area contributed by atoms with E-state index in [1.54, 1.807) is 42.5 Å². The van der Waals surface area contributed by atoms with E-state index in [-0.39, 0.29) is 23.7 Å². The van der Waals surface area contributed by atoms with Crippen molar-refractivity contribution >= 4 is 35.1 Å². The summed E-state index contributed by atoms with van der Waals surface area (Å²) in [6, 6.07) is 13.3. The lowest BCUT2D eigenvalue weighted by Crippen LogP contribution is -2.39. The van der Waals surface area contributed by atoms with Crippen molar-refractivity contribution in [3.05, 3.63) is 64.7 Å². The van der Waals surface area contributed by atoms with Crippen molar-refractivity contribution in [1.82, 2.24) is 10.2 Å². The van der Waals surface area contributed by atoms with Gasteiger partial charge in [-0.3, -0.25) is 14.5 Å². The molecule has 2 aromatic rings. The highest BCUT2D eigenvalue weighted by Crippen LogP contribution is 2.28. The van der Waals surface area contributed by atoms with Gasteiger partial charge in [0.1, 0.15) is 0 Å². The van der Waals surface area contributed by atoms with Crippen LogP contribution in [-0.2, 0) is 0 Å². The Balaban J connectivity index is 1.56. The normalized spacial score (nSPS) is 13.0. The molecule has 2 aromatic carbocycles. The number of anilines is 1. The molecule has 0 fully saturated rings. The molecule has 0 aliphatic carbocycles. The number of carbonyl (C=O) groups excluding carboxylic acids is 3. The molecule has 0 bridgehead atoms. The van der Waals surface area contributed by atoms with Crippen LogP contribution >= 0.6 is 11.6 Å². The Morgan fingerprint density at radius 1 is 1.00 bits per heavy atom. The minimum atomic E-state index is -0.439. The first-order valence-corrected chi connectivity index (χ1v) is 7.70. The molecule has 0 aromatic heterocycles. The van der Waals surface area contributed by atoms with Gasteiger partial charge in [0, 0.05) is 18.8 Å². The van der Waals surface area contributed by atoms with Crippen LogP contribution in [0.4, 0.5) is 10.5 Å². The number of para-hydroxylation sites is 1. The number of urea groups is 1. The lowest BCUT2D eigenvalue weighted by molar-refractivity contribution is 0.0656. The summed E-state index contributed by atoms with van der Waals surface area (Å²) < 4.78 is 0. The molecule has 7 heteroatoms. The summed E-state index contributed by atoms with van der Waals surface area (Å²) in [5.41, 5.74) is 1.17. The number of nitrogens with one attached hydrogen (secondary N) is 2. The second kappa shape index (κ2) is 6.72. The second-order valence-corrected chi connectivity index (χ2v) is 5.58. The summed E-state index contributed by atoms with van der Waals surface area (Å²) in [6.07, 6.45) is 0. The quantitative estimate of drug-likeness (QED) is 0.838. The Morgan fingerprint density at radius 3 is 2.46 bits per heavy atom. The summed E-state index contributed by atoms with van der Waals surface area (Å²) in [4.78, 5) is 37.4. The summed E-state index contributed by atoms with van der Waals surface area (Å²) in [5, 5.41) is 5.52. The molecule has 1 heterocycles. The van der Waals surface area contributed by atoms with Gasteiger partial charge in [-0.05, 0) is 24.3 Å². The maximum Gasteiger partial charge on any atom is 0.319 e. The predicted octanol–water partition coefficient (Wildman–Crippen LogP) is 2.76. The van der Waals surface area contributed by atoms with Crippen molar-refractivity contribution < 1.29 is 14.4 Å². The van der Waals surface area contributed by atoms with Crippen LogP contribution in [0.25, 0.3) is 0 Å². The molecule has 4 amide bonds. The van der Waals surface area contributed by atoms with E-state index >= 15 is 0 Å². The Labute approximate surface area is 143 Å². The number of hydrogen-bond donors (Lipinski definition) is 2. The Hall–Kier alpha value is -2.86. The number of nitrogens with zero attached hydrogens (tertiary/aromatic N) is 1. The van der Waals surface area contributed by atoms with Crippen LogP contribution in [0.3, 0.4) is 0 Å². The maximum absolute atomic E-state index is 12.3. The number of fused-ring (bicyclic) bond motifs is 1. The largest absolute Gasteiger partial charge is 0.336 e. The molecule has 24 heavy (non-hydrogen) atoms. The van der Waals surface area contributed by atoms with Crippen LogP contribution < -0.4 is 10.6 Å². The van der Waals surface area contributed by atoms with Crippen LogP contribution in [0.5, 0.6) is 0 Å². The van der Waals surface area contributed by atoms with E-state index < -0.39 is 17.8 Å². The lowest BCUT2D eigenvalue weighted by Gasteiger charge is -2.14. The predicted molar refractivity (Wildman–Crippen MR) is 90.3 cm³/mol. The van der Waals surface area contributed by atoms with Gasteiger partial charge < -0.3 is 10.6 Å². The summed E-state index contributed by atoms with van der Waals surface area (Å²) >= 11 is 5.99. The van der Waals surface area contributed by atoms with Crippen molar-refractivity contribution in [3.8, 4) is 0 Å². The molecule has 6 nitrogen and oxygen atoms in total. The fourth-order valence-electron chi connectivity index (χ4n) is 2.47. The summed E-state index contributed by atoms with van der Waals surface area (Å²) in [5.74, 6) is -0.839. The standard InChI is InChI=1S/C17H14ClN3O3/c18-13-8-4-7-12-14(13)16(23)21(15(12)22)10-9-19-17(24)20-11-5-2-1-3-6-11/h1-8H,9-10H2,(H2,19,20,24). The van der Waals surface area contributed by atoms with Gasteiger partial charge in [0.25, 0.3) is 11.8 Å². The Morgan fingerprint density at radius 2 is 1.75 bits per heavy atom. The average Bonchev–Trinajstić information content (AvgIpc) is 2.81. The van der Waals surface area contributed by atoms with Gasteiger partial charge in [-0.2, -0.15) is 0 Å². The molecule has 0 saturated carbocycles. The molecule has 2 N–H and O–H groups in total. The number of halogens is 1. The fourth-order valence-corrected chi connectivity index (χ4v) is 2.73. The second-order valence-electron chi connectivity index (χ2n) is 5.17. The molecule has 1 aliphatic heterocycles. The third-order valence-electron chi connectivity index (χ3n) is 3.60. The van der Waals surface area contributed by atoms with Crippen LogP contribution in [0.2, 0.25) is 5.02 Å². The van der Waals surface area contributed by atoms with Gasteiger partial charge in [0.2, 0.25) is 0 Å². The SMILES string of the molecule is O=C(NCCN1C(=O)c2cccc(Cl)c2C1=O)Nc1ccccc1. The zero-order valence-corrected chi connectivity index (χ0v) is 13.3. The monoisotopic (exact) mass is 343 g/mol. The third kappa shape index (κ3) is 3.09. The summed E-state index contributed by atoms with van der Waals surface area (Å²) in [6.45, 7) is 0.215. The number of benzene rings is 2. The van der Waals surface area contributed by atoms with Gasteiger partial charge in [0.05, 0.1) is 16.1 Å². The number of amides is 4. The molecule has 1 aliphatic rings. The zero-order chi connectivity index (χ0) is 17.1. The Bertz CT molecular complexity index is 808. The van der Waals surface area contributed by atoms with E-state index in [1.165, 1.54) is 0 Å². The van der Waals surface area contributed by atoms with Crippen molar-refractivity contribution in [2.75, 3.05) is 18.4 Å². The summed E-state index contributed by atoms with van der Waals surface area (Å²) in [7, 11) is 0. The van der Waals surface area contributed by atoms with Crippen molar-refractivity contribution in [3.63, 3.8) is 0 Å². The minimum Gasteiger partial charge on any atom is -0.336 e. The molecule has 122 valence electrons. The molecule has 0 spiro atoms. The third-order valence-corrected chi connectivity index (χ3v) is 3.92. The smallest absolute Gasteiger partial charge is 0.319 e. The number of imide groups is 1.